The average Bonchev–Trinajstić information content (AvgIpc) is 2.21. The Balaban J connectivity index is 0.000000980. The minimum atomic E-state index is 0. The number of morpholine rings is 1. The van der Waals surface area contributed by atoms with Gasteiger partial charge in [-0.2, -0.15) is 30.3 Å². The molecule has 1 aliphatic rings. The first-order valence-corrected chi connectivity index (χ1v) is 4.70. The van der Waals surface area contributed by atoms with E-state index in [-0.39, 0.29) is 36.5 Å². The van der Waals surface area contributed by atoms with Crippen LogP contribution in [0.5, 0.6) is 0 Å². The van der Waals surface area contributed by atoms with Crippen LogP contribution in [-0.4, -0.2) is 31.2 Å². The fraction of sp³-hybridized carbons (Fsp3) is 0.455. The topological polar surface area (TPSA) is 12.5 Å². The molecule has 0 aromatic heterocycles. The zero-order valence-corrected chi connectivity index (χ0v) is 13.3. The summed E-state index contributed by atoms with van der Waals surface area (Å²) in [5.74, 6) is 0. The van der Waals surface area contributed by atoms with Crippen molar-refractivity contribution in [3.05, 3.63) is 35.9 Å². The molecule has 0 aliphatic carbocycles. The number of halogens is 1. The molecule has 1 aromatic rings. The van der Waals surface area contributed by atoms with E-state index in [1.54, 1.807) is 0 Å². The van der Waals surface area contributed by atoms with Gasteiger partial charge in [-0.15, -0.1) is 5.56 Å². The molecule has 0 N–H and O–H groups in total. The molecule has 0 radical (unpaired) electrons. The molecule has 2 nitrogen and oxygen atoms in total. The van der Waals surface area contributed by atoms with E-state index in [1.807, 2.05) is 12.1 Å². The van der Waals surface area contributed by atoms with Gasteiger partial charge < -0.3 is 21.7 Å². The van der Waals surface area contributed by atoms with Crippen molar-refractivity contribution < 1.29 is 41.2 Å². The largest absolute Gasteiger partial charge is 2.00 e. The third-order valence-electron chi connectivity index (χ3n) is 2.30. The fourth-order valence-corrected chi connectivity index (χ4v) is 1.54. The van der Waals surface area contributed by atoms with Gasteiger partial charge in [-0.25, -0.2) is 0 Å². The number of rotatable bonds is 2. The number of benzene rings is 1. The van der Waals surface area contributed by atoms with Crippen LogP contribution in [0.25, 0.3) is 0 Å². The SMILES string of the molecule is [Br-].[Zn+2].[c-]1ccc(CN2CCOCC2)cc1. The van der Waals surface area contributed by atoms with Crippen molar-refractivity contribution in [2.75, 3.05) is 26.3 Å². The molecule has 15 heavy (non-hydrogen) atoms. The van der Waals surface area contributed by atoms with Crippen LogP contribution in [0.1, 0.15) is 5.56 Å². The van der Waals surface area contributed by atoms with Crippen molar-refractivity contribution in [2.45, 2.75) is 6.54 Å². The van der Waals surface area contributed by atoms with Crippen LogP contribution >= 0.6 is 0 Å². The molecule has 0 amide bonds. The van der Waals surface area contributed by atoms with Crippen LogP contribution in [0, 0.1) is 6.07 Å². The molecule has 0 saturated carbocycles. The number of nitrogens with zero attached hydrogens (tertiary/aromatic N) is 1. The van der Waals surface area contributed by atoms with Crippen LogP contribution in [0.4, 0.5) is 0 Å². The van der Waals surface area contributed by atoms with Crippen molar-refractivity contribution >= 4 is 0 Å². The predicted molar refractivity (Wildman–Crippen MR) is 51.4 cm³/mol. The maximum Gasteiger partial charge on any atom is 2.00 e. The molecule has 0 unspecified atom stereocenters. The van der Waals surface area contributed by atoms with E-state index >= 15 is 0 Å². The van der Waals surface area contributed by atoms with Gasteiger partial charge in [0.2, 0.25) is 0 Å². The number of ether oxygens (including phenoxy) is 1. The first kappa shape index (κ1) is 15.2. The van der Waals surface area contributed by atoms with E-state index in [4.69, 9.17) is 4.74 Å². The van der Waals surface area contributed by atoms with Crippen molar-refractivity contribution in [3.63, 3.8) is 0 Å². The van der Waals surface area contributed by atoms with E-state index in [1.165, 1.54) is 5.56 Å². The Labute approximate surface area is 115 Å². The number of hydrogen-bond donors (Lipinski definition) is 0. The van der Waals surface area contributed by atoms with E-state index in [0.717, 1.165) is 32.8 Å². The van der Waals surface area contributed by atoms with Crippen molar-refractivity contribution in [1.82, 2.24) is 4.90 Å². The second-order valence-corrected chi connectivity index (χ2v) is 3.30. The summed E-state index contributed by atoms with van der Waals surface area (Å²) in [6.45, 7) is 4.90. The van der Waals surface area contributed by atoms with Crippen LogP contribution < -0.4 is 17.0 Å². The molecule has 0 bridgehead atoms. The fourth-order valence-electron chi connectivity index (χ4n) is 1.54. The second-order valence-electron chi connectivity index (χ2n) is 3.30. The zero-order chi connectivity index (χ0) is 8.93. The Morgan fingerprint density at radius 2 is 1.80 bits per heavy atom. The minimum absolute atomic E-state index is 0. The molecule has 1 fully saturated rings. The van der Waals surface area contributed by atoms with E-state index in [2.05, 4.69) is 23.1 Å². The molecular formula is C11H14BrNOZn. The van der Waals surface area contributed by atoms with Crippen molar-refractivity contribution in [2.24, 2.45) is 0 Å². The van der Waals surface area contributed by atoms with Gasteiger partial charge in [0, 0.05) is 19.6 Å². The van der Waals surface area contributed by atoms with Crippen LogP contribution in [0.2, 0.25) is 0 Å². The molecule has 0 spiro atoms. The Hall–Kier alpha value is 0.243. The molecule has 4 heteroatoms. The van der Waals surface area contributed by atoms with E-state index in [0.29, 0.717) is 0 Å². The summed E-state index contributed by atoms with van der Waals surface area (Å²) in [5.41, 5.74) is 1.36. The third kappa shape index (κ3) is 5.21. The van der Waals surface area contributed by atoms with Crippen LogP contribution in [0.3, 0.4) is 0 Å². The van der Waals surface area contributed by atoms with Crippen molar-refractivity contribution in [3.8, 4) is 0 Å². The molecule has 1 saturated heterocycles. The molecule has 2 rings (SSSR count). The van der Waals surface area contributed by atoms with Gasteiger partial charge >= 0.3 is 19.5 Å². The Bertz CT molecular complexity index is 252. The first-order chi connectivity index (χ1) is 6.45. The maximum absolute atomic E-state index is 5.29. The summed E-state index contributed by atoms with van der Waals surface area (Å²) < 4.78 is 5.29. The van der Waals surface area contributed by atoms with Crippen LogP contribution in [0.15, 0.2) is 24.3 Å². The second kappa shape index (κ2) is 8.40. The molecule has 1 heterocycles. The summed E-state index contributed by atoms with van der Waals surface area (Å²) in [4.78, 5) is 2.42. The van der Waals surface area contributed by atoms with Gasteiger partial charge in [-0.3, -0.25) is 4.90 Å². The zero-order valence-electron chi connectivity index (χ0n) is 8.79. The standard InChI is InChI=1S/C11H14NO.BrH.Zn/c1-2-4-11(5-3-1)10-12-6-8-13-9-7-12;;/h2-5H,6-10H2;1H;/q-1;;+2/p-1. The van der Waals surface area contributed by atoms with Gasteiger partial charge in [0.05, 0.1) is 13.2 Å². The Kier molecular flexibility index (Phi) is 8.54. The van der Waals surface area contributed by atoms with Crippen molar-refractivity contribution in [1.29, 1.82) is 0 Å². The summed E-state index contributed by atoms with van der Waals surface area (Å²) in [6.07, 6.45) is 0. The summed E-state index contributed by atoms with van der Waals surface area (Å²) in [7, 11) is 0. The third-order valence-corrected chi connectivity index (χ3v) is 2.30. The Morgan fingerprint density at radius 3 is 2.40 bits per heavy atom. The van der Waals surface area contributed by atoms with Gasteiger partial charge in [-0.05, 0) is 0 Å². The maximum atomic E-state index is 5.29. The average molecular weight is 322 g/mol. The molecule has 1 aliphatic heterocycles. The first-order valence-electron chi connectivity index (χ1n) is 4.70. The normalized spacial score (nSPS) is 16.3. The van der Waals surface area contributed by atoms with E-state index < -0.39 is 0 Å². The molecule has 0 atom stereocenters. The summed E-state index contributed by atoms with van der Waals surface area (Å²) in [6, 6.07) is 11.2. The quantitative estimate of drug-likeness (QED) is 0.477. The summed E-state index contributed by atoms with van der Waals surface area (Å²) in [5, 5.41) is 0. The van der Waals surface area contributed by atoms with Gasteiger partial charge in [0.1, 0.15) is 0 Å². The minimum Gasteiger partial charge on any atom is -1.00 e. The molecule has 1 aromatic carbocycles. The van der Waals surface area contributed by atoms with Gasteiger partial charge in [0.25, 0.3) is 0 Å². The molecular weight excluding hydrogens is 307 g/mol. The Morgan fingerprint density at radius 1 is 1.20 bits per heavy atom. The monoisotopic (exact) mass is 319 g/mol. The molecule has 78 valence electrons. The van der Waals surface area contributed by atoms with Gasteiger partial charge in [0.15, 0.2) is 0 Å². The number of hydrogen-bond acceptors (Lipinski definition) is 2. The van der Waals surface area contributed by atoms with Gasteiger partial charge in [-0.1, -0.05) is 0 Å². The van der Waals surface area contributed by atoms with Crippen LogP contribution in [-0.2, 0) is 30.8 Å². The van der Waals surface area contributed by atoms with E-state index in [9.17, 15) is 0 Å². The predicted octanol–water partition coefficient (Wildman–Crippen LogP) is -1.68. The smallest absolute Gasteiger partial charge is 1.00 e. The summed E-state index contributed by atoms with van der Waals surface area (Å²) >= 11 is 0.